The fourth-order valence-corrected chi connectivity index (χ4v) is 1.53. The number of imide groups is 1. The van der Waals surface area contributed by atoms with Crippen molar-refractivity contribution in [2.24, 2.45) is 5.73 Å². The Bertz CT molecular complexity index is 392. The van der Waals surface area contributed by atoms with Crippen LogP contribution in [0.4, 0.5) is 0 Å². The van der Waals surface area contributed by atoms with Crippen LogP contribution >= 0.6 is 0 Å². The zero-order valence-electron chi connectivity index (χ0n) is 9.14. The molecule has 4 nitrogen and oxygen atoms in total. The number of nitrogens with zero attached hydrogens (tertiary/aromatic N) is 1. The van der Waals surface area contributed by atoms with Crippen molar-refractivity contribution in [3.8, 4) is 0 Å². The summed E-state index contributed by atoms with van der Waals surface area (Å²) in [5.41, 5.74) is 5.47. The zero-order valence-corrected chi connectivity index (χ0v) is 9.14. The number of rotatable bonds is 2. The Morgan fingerprint density at radius 3 is 2.00 bits per heavy atom. The third-order valence-electron chi connectivity index (χ3n) is 2.19. The molecule has 0 bridgehead atoms. The monoisotopic (exact) mass is 218 g/mol. The summed E-state index contributed by atoms with van der Waals surface area (Å²) in [5, 5.41) is 0. The number of amides is 2. The van der Waals surface area contributed by atoms with Crippen molar-refractivity contribution in [3.05, 3.63) is 48.0 Å². The van der Waals surface area contributed by atoms with Crippen LogP contribution in [0.15, 0.2) is 36.9 Å². The van der Waals surface area contributed by atoms with E-state index in [1.54, 1.807) is 30.3 Å². The number of carbonyl (C=O) groups excluding carboxylic acids is 2. The lowest BCUT2D eigenvalue weighted by Gasteiger charge is -2.09. The van der Waals surface area contributed by atoms with Crippen LogP contribution in [0.25, 0.3) is 0 Å². The molecule has 1 aromatic rings. The number of benzene rings is 1. The molecule has 2 rings (SSSR count). The molecule has 0 atom stereocenters. The fourth-order valence-electron chi connectivity index (χ4n) is 1.53. The van der Waals surface area contributed by atoms with Gasteiger partial charge < -0.3 is 5.73 Å². The summed E-state index contributed by atoms with van der Waals surface area (Å²) in [6.45, 7) is 3.78. The first-order chi connectivity index (χ1) is 7.75. The zero-order chi connectivity index (χ0) is 12.1. The molecule has 0 fully saturated rings. The summed E-state index contributed by atoms with van der Waals surface area (Å²) in [4.78, 5) is 24.5. The normalized spacial score (nSPS) is 13.0. The fraction of sp³-hybridized carbons (Fsp3) is 0.167. The molecule has 2 N–H and O–H groups in total. The number of hydrogen-bond donors (Lipinski definition) is 1. The van der Waals surface area contributed by atoms with Crippen LogP contribution < -0.4 is 5.73 Å². The highest BCUT2D eigenvalue weighted by atomic mass is 16.2. The highest BCUT2D eigenvalue weighted by Crippen LogP contribution is 2.21. The van der Waals surface area contributed by atoms with E-state index in [1.165, 1.54) is 11.9 Å². The van der Waals surface area contributed by atoms with Crippen molar-refractivity contribution >= 4 is 11.8 Å². The van der Waals surface area contributed by atoms with Crippen molar-refractivity contribution in [1.29, 1.82) is 0 Å². The van der Waals surface area contributed by atoms with Crippen LogP contribution in [0.1, 0.15) is 20.7 Å². The van der Waals surface area contributed by atoms with E-state index in [-0.39, 0.29) is 18.4 Å². The maximum Gasteiger partial charge on any atom is 0.261 e. The SMILES string of the molecule is C=CCN1C(=O)c2ccccc2C1=O.CN. The standard InChI is InChI=1S/C11H9NO2.CH5N/c1-2-7-12-10(13)8-5-3-4-6-9(8)11(12)14;1-2/h2-6H,1,7H2;2H2,1H3. The lowest BCUT2D eigenvalue weighted by atomic mass is 10.1. The number of fused-ring (bicyclic) bond motifs is 1. The van der Waals surface area contributed by atoms with Crippen molar-refractivity contribution in [2.45, 2.75) is 0 Å². The first-order valence-electron chi connectivity index (χ1n) is 4.89. The van der Waals surface area contributed by atoms with Crippen molar-refractivity contribution in [2.75, 3.05) is 13.6 Å². The van der Waals surface area contributed by atoms with Gasteiger partial charge >= 0.3 is 0 Å². The quantitative estimate of drug-likeness (QED) is 0.596. The van der Waals surface area contributed by atoms with Gasteiger partial charge in [-0.2, -0.15) is 0 Å². The minimum Gasteiger partial charge on any atom is -0.333 e. The predicted octanol–water partition coefficient (Wildman–Crippen LogP) is 1.04. The van der Waals surface area contributed by atoms with E-state index in [2.05, 4.69) is 12.3 Å². The highest BCUT2D eigenvalue weighted by Gasteiger charge is 2.33. The average molecular weight is 218 g/mol. The summed E-state index contributed by atoms with van der Waals surface area (Å²) < 4.78 is 0. The third kappa shape index (κ3) is 1.87. The third-order valence-corrected chi connectivity index (χ3v) is 2.19. The minimum absolute atomic E-state index is 0.231. The predicted molar refractivity (Wildman–Crippen MR) is 62.1 cm³/mol. The maximum absolute atomic E-state index is 11.7. The van der Waals surface area contributed by atoms with Gasteiger partial charge in [-0.3, -0.25) is 14.5 Å². The van der Waals surface area contributed by atoms with Crippen molar-refractivity contribution in [3.63, 3.8) is 0 Å². The first kappa shape index (κ1) is 12.1. The Morgan fingerprint density at radius 1 is 1.19 bits per heavy atom. The van der Waals surface area contributed by atoms with E-state index >= 15 is 0 Å². The van der Waals surface area contributed by atoms with E-state index < -0.39 is 0 Å². The molecule has 1 heterocycles. The summed E-state index contributed by atoms with van der Waals surface area (Å²) >= 11 is 0. The van der Waals surface area contributed by atoms with Crippen LogP contribution in [0, 0.1) is 0 Å². The highest BCUT2D eigenvalue weighted by molar-refractivity contribution is 6.21. The molecule has 0 saturated heterocycles. The van der Waals surface area contributed by atoms with Crippen LogP contribution in [-0.2, 0) is 0 Å². The van der Waals surface area contributed by atoms with Gasteiger partial charge in [-0.25, -0.2) is 0 Å². The molecule has 0 spiro atoms. The molecule has 1 aliphatic rings. The van der Waals surface area contributed by atoms with Gasteiger partial charge in [0.25, 0.3) is 11.8 Å². The van der Waals surface area contributed by atoms with Gasteiger partial charge in [-0.1, -0.05) is 18.2 Å². The molecule has 4 heteroatoms. The average Bonchev–Trinajstić information content (AvgIpc) is 2.58. The largest absolute Gasteiger partial charge is 0.333 e. The Balaban J connectivity index is 0.000000606. The van der Waals surface area contributed by atoms with E-state index in [0.29, 0.717) is 11.1 Å². The molecular weight excluding hydrogens is 204 g/mol. The van der Waals surface area contributed by atoms with Crippen LogP contribution in [-0.4, -0.2) is 30.3 Å². The summed E-state index contributed by atoms with van der Waals surface area (Å²) in [5.74, 6) is -0.462. The second-order valence-electron chi connectivity index (χ2n) is 3.06. The number of hydrogen-bond acceptors (Lipinski definition) is 3. The Hall–Kier alpha value is -1.94. The topological polar surface area (TPSA) is 63.4 Å². The second kappa shape index (κ2) is 5.23. The Labute approximate surface area is 94.4 Å². The van der Waals surface area contributed by atoms with Crippen molar-refractivity contribution in [1.82, 2.24) is 4.90 Å². The lowest BCUT2D eigenvalue weighted by Crippen LogP contribution is -2.29. The molecule has 0 radical (unpaired) electrons. The van der Waals surface area contributed by atoms with E-state index in [4.69, 9.17) is 0 Å². The smallest absolute Gasteiger partial charge is 0.261 e. The molecule has 0 aromatic heterocycles. The molecule has 0 aliphatic carbocycles. The Kier molecular flexibility index (Phi) is 3.96. The number of carbonyl (C=O) groups is 2. The van der Waals surface area contributed by atoms with Crippen LogP contribution in [0.5, 0.6) is 0 Å². The summed E-state index contributed by atoms with van der Waals surface area (Å²) in [6.07, 6.45) is 1.54. The maximum atomic E-state index is 11.7. The molecular formula is C12H14N2O2. The van der Waals surface area contributed by atoms with Gasteiger partial charge in [0.15, 0.2) is 0 Å². The van der Waals surface area contributed by atoms with Crippen LogP contribution in [0.2, 0.25) is 0 Å². The van der Waals surface area contributed by atoms with E-state index in [1.807, 2.05) is 0 Å². The van der Waals surface area contributed by atoms with Gasteiger partial charge in [0.1, 0.15) is 0 Å². The molecule has 1 aromatic carbocycles. The van der Waals surface area contributed by atoms with Gasteiger partial charge in [-0.05, 0) is 19.2 Å². The molecule has 84 valence electrons. The van der Waals surface area contributed by atoms with Crippen LogP contribution in [0.3, 0.4) is 0 Å². The molecule has 0 saturated carbocycles. The second-order valence-corrected chi connectivity index (χ2v) is 3.06. The van der Waals surface area contributed by atoms with E-state index in [9.17, 15) is 9.59 Å². The molecule has 2 amide bonds. The summed E-state index contributed by atoms with van der Waals surface area (Å²) in [6, 6.07) is 6.83. The molecule has 0 unspecified atom stereocenters. The van der Waals surface area contributed by atoms with Gasteiger partial charge in [0.2, 0.25) is 0 Å². The van der Waals surface area contributed by atoms with Crippen molar-refractivity contribution < 1.29 is 9.59 Å². The first-order valence-corrected chi connectivity index (χ1v) is 4.89. The van der Waals surface area contributed by atoms with Gasteiger partial charge in [-0.15, -0.1) is 6.58 Å². The molecule has 1 aliphatic heterocycles. The minimum atomic E-state index is -0.231. The van der Waals surface area contributed by atoms with Gasteiger partial charge in [0.05, 0.1) is 11.1 Å². The summed E-state index contributed by atoms with van der Waals surface area (Å²) in [7, 11) is 1.50. The Morgan fingerprint density at radius 2 is 1.62 bits per heavy atom. The number of nitrogens with two attached hydrogens (primary N) is 1. The molecule has 16 heavy (non-hydrogen) atoms. The van der Waals surface area contributed by atoms with E-state index in [0.717, 1.165) is 0 Å². The van der Waals surface area contributed by atoms with Gasteiger partial charge in [0, 0.05) is 6.54 Å². The lowest BCUT2D eigenvalue weighted by molar-refractivity contribution is 0.0672.